The van der Waals surface area contributed by atoms with Crippen LogP contribution in [0, 0.1) is 11.3 Å². The van der Waals surface area contributed by atoms with Crippen LogP contribution in [0.2, 0.25) is 0 Å². The summed E-state index contributed by atoms with van der Waals surface area (Å²) in [6, 6.07) is 13.2. The van der Waals surface area contributed by atoms with Gasteiger partial charge in [0.05, 0.1) is 16.3 Å². The Morgan fingerprint density at radius 3 is 2.63 bits per heavy atom. The average molecular weight is 288 g/mol. The third kappa shape index (κ3) is 3.14. The molecule has 1 aromatic carbocycles. The van der Waals surface area contributed by atoms with E-state index in [-0.39, 0.29) is 0 Å². The lowest BCUT2D eigenvalue weighted by Gasteiger charge is -2.04. The first kappa shape index (κ1) is 13.6. The maximum atomic E-state index is 9.32. The number of allylic oxidation sites excluding steroid dienone is 1. The Kier molecular flexibility index (Phi) is 4.56. The zero-order valence-electron chi connectivity index (χ0n) is 10.2. The minimum Gasteiger partial charge on any atom is -0.231 e. The molecule has 2 rings (SSSR count). The molecule has 94 valence electrons. The maximum absolute atomic E-state index is 9.32. The maximum Gasteiger partial charge on any atom is 0.187 e. The van der Waals surface area contributed by atoms with Crippen molar-refractivity contribution in [3.8, 4) is 6.07 Å². The summed E-state index contributed by atoms with van der Waals surface area (Å²) in [5.41, 5.74) is 1.69. The lowest BCUT2D eigenvalue weighted by Crippen LogP contribution is -1.93. The van der Waals surface area contributed by atoms with Gasteiger partial charge in [-0.25, -0.2) is 9.97 Å². The molecule has 19 heavy (non-hydrogen) atoms. The molecule has 1 aromatic heterocycles. The number of nitrogens with zero attached hydrogens (tertiary/aromatic N) is 3. The summed E-state index contributed by atoms with van der Waals surface area (Å²) < 4.78 is 0. The Morgan fingerprint density at radius 2 is 2.00 bits per heavy atom. The highest BCUT2D eigenvalue weighted by Crippen LogP contribution is 2.28. The first-order chi connectivity index (χ1) is 9.26. The molecule has 5 heteroatoms. The predicted octanol–water partition coefficient (Wildman–Crippen LogP) is 3.83. The molecular weight excluding hydrogens is 278 g/mol. The molecule has 0 aliphatic carbocycles. The second-order valence-electron chi connectivity index (χ2n) is 3.60. The fourth-order valence-corrected chi connectivity index (χ4v) is 2.15. The molecule has 0 spiro atoms. The van der Waals surface area contributed by atoms with Crippen molar-refractivity contribution in [2.45, 2.75) is 5.16 Å². The summed E-state index contributed by atoms with van der Waals surface area (Å²) in [5, 5.41) is 10.3. The third-order valence-corrected chi connectivity index (χ3v) is 3.40. The highest BCUT2D eigenvalue weighted by Gasteiger charge is 2.11. The van der Waals surface area contributed by atoms with Crippen LogP contribution in [0.4, 0.5) is 0 Å². The number of halogens is 1. The number of rotatable bonds is 3. The van der Waals surface area contributed by atoms with E-state index in [9.17, 15) is 5.26 Å². The van der Waals surface area contributed by atoms with E-state index in [4.69, 9.17) is 11.6 Å². The van der Waals surface area contributed by atoms with Crippen LogP contribution in [0.1, 0.15) is 11.3 Å². The lowest BCUT2D eigenvalue weighted by atomic mass is 10.1. The van der Waals surface area contributed by atoms with Gasteiger partial charge < -0.3 is 0 Å². The molecule has 0 amide bonds. The number of aromatic nitrogens is 2. The van der Waals surface area contributed by atoms with Crippen LogP contribution < -0.4 is 0 Å². The fraction of sp³-hybridized carbons (Fsp3) is 0.0714. The molecule has 0 saturated heterocycles. The third-order valence-electron chi connectivity index (χ3n) is 2.43. The van der Waals surface area contributed by atoms with Gasteiger partial charge in [-0.1, -0.05) is 53.7 Å². The number of nitriles is 1. The summed E-state index contributed by atoms with van der Waals surface area (Å²) in [7, 11) is 0. The SMILES string of the molecule is CSc1nccc(/C(C#N)=C(\Cl)c2ccccc2)n1. The van der Waals surface area contributed by atoms with Crippen LogP contribution in [0.25, 0.3) is 10.6 Å². The summed E-state index contributed by atoms with van der Waals surface area (Å²) in [6.07, 6.45) is 3.51. The van der Waals surface area contributed by atoms with Gasteiger partial charge in [0.25, 0.3) is 0 Å². The lowest BCUT2D eigenvalue weighted by molar-refractivity contribution is 0.958. The average Bonchev–Trinajstić information content (AvgIpc) is 2.49. The van der Waals surface area contributed by atoms with Gasteiger partial charge in [0.1, 0.15) is 6.07 Å². The van der Waals surface area contributed by atoms with Crippen molar-refractivity contribution in [1.82, 2.24) is 9.97 Å². The second kappa shape index (κ2) is 6.37. The Bertz CT molecular complexity index is 647. The van der Waals surface area contributed by atoms with E-state index in [0.29, 0.717) is 21.5 Å². The van der Waals surface area contributed by atoms with Crippen molar-refractivity contribution in [3.05, 3.63) is 53.9 Å². The standard InChI is InChI=1S/C14H10ClN3S/c1-19-14-17-8-7-12(18-14)11(9-16)13(15)10-5-3-2-4-6-10/h2-8H,1H3/b13-11-. The van der Waals surface area contributed by atoms with Crippen LogP contribution in [0.3, 0.4) is 0 Å². The molecule has 1 heterocycles. The topological polar surface area (TPSA) is 49.6 Å². The Balaban J connectivity index is 2.53. The zero-order valence-corrected chi connectivity index (χ0v) is 11.7. The van der Waals surface area contributed by atoms with Gasteiger partial charge >= 0.3 is 0 Å². The molecule has 0 atom stereocenters. The minimum absolute atomic E-state index is 0.352. The van der Waals surface area contributed by atoms with E-state index in [2.05, 4.69) is 16.0 Å². The monoisotopic (exact) mass is 287 g/mol. The number of benzene rings is 1. The minimum atomic E-state index is 0.352. The van der Waals surface area contributed by atoms with Crippen LogP contribution in [0.15, 0.2) is 47.8 Å². The van der Waals surface area contributed by atoms with E-state index in [1.165, 1.54) is 11.8 Å². The summed E-state index contributed by atoms with van der Waals surface area (Å²) in [6.45, 7) is 0. The van der Waals surface area contributed by atoms with E-state index in [1.54, 1.807) is 12.3 Å². The van der Waals surface area contributed by atoms with Crippen molar-refractivity contribution in [2.24, 2.45) is 0 Å². The van der Waals surface area contributed by atoms with E-state index >= 15 is 0 Å². The van der Waals surface area contributed by atoms with Gasteiger partial charge in [0.15, 0.2) is 5.16 Å². The zero-order chi connectivity index (χ0) is 13.7. The van der Waals surface area contributed by atoms with Crippen LogP contribution in [0.5, 0.6) is 0 Å². The number of hydrogen-bond donors (Lipinski definition) is 0. The van der Waals surface area contributed by atoms with Gasteiger partial charge in [-0.05, 0) is 17.9 Å². The van der Waals surface area contributed by atoms with Crippen molar-refractivity contribution in [1.29, 1.82) is 5.26 Å². The van der Waals surface area contributed by atoms with E-state index in [0.717, 1.165) is 5.56 Å². The number of thioether (sulfide) groups is 1. The molecule has 0 aliphatic rings. The molecule has 0 saturated carbocycles. The van der Waals surface area contributed by atoms with Gasteiger partial charge in [0, 0.05) is 6.20 Å². The highest BCUT2D eigenvalue weighted by atomic mass is 35.5. The van der Waals surface area contributed by atoms with Crippen LogP contribution >= 0.6 is 23.4 Å². The van der Waals surface area contributed by atoms with Crippen molar-refractivity contribution >= 4 is 34.0 Å². The predicted molar refractivity (Wildman–Crippen MR) is 78.5 cm³/mol. The molecule has 0 unspecified atom stereocenters. The summed E-state index contributed by atoms with van der Waals surface area (Å²) >= 11 is 7.71. The van der Waals surface area contributed by atoms with Crippen molar-refractivity contribution in [3.63, 3.8) is 0 Å². The van der Waals surface area contributed by atoms with Crippen molar-refractivity contribution < 1.29 is 0 Å². The van der Waals surface area contributed by atoms with Crippen LogP contribution in [-0.2, 0) is 0 Å². The summed E-state index contributed by atoms with van der Waals surface area (Å²) in [4.78, 5) is 8.38. The second-order valence-corrected chi connectivity index (χ2v) is 4.75. The smallest absolute Gasteiger partial charge is 0.187 e. The molecule has 0 aliphatic heterocycles. The molecule has 0 radical (unpaired) electrons. The Labute approximate surface area is 121 Å². The van der Waals surface area contributed by atoms with E-state index in [1.807, 2.05) is 36.6 Å². The summed E-state index contributed by atoms with van der Waals surface area (Å²) in [5.74, 6) is 0. The molecule has 0 bridgehead atoms. The molecule has 0 N–H and O–H groups in total. The molecule has 2 aromatic rings. The van der Waals surface area contributed by atoms with Gasteiger partial charge in [-0.3, -0.25) is 0 Å². The Morgan fingerprint density at radius 1 is 1.26 bits per heavy atom. The van der Waals surface area contributed by atoms with Gasteiger partial charge in [-0.15, -0.1) is 0 Å². The first-order valence-corrected chi connectivity index (χ1v) is 7.09. The largest absolute Gasteiger partial charge is 0.231 e. The number of hydrogen-bond acceptors (Lipinski definition) is 4. The Hall–Kier alpha value is -1.83. The normalized spacial score (nSPS) is 11.6. The highest BCUT2D eigenvalue weighted by molar-refractivity contribution is 7.98. The molecular formula is C14H10ClN3S. The van der Waals surface area contributed by atoms with Gasteiger partial charge in [-0.2, -0.15) is 5.26 Å². The van der Waals surface area contributed by atoms with Crippen molar-refractivity contribution in [2.75, 3.05) is 6.26 Å². The fourth-order valence-electron chi connectivity index (χ4n) is 1.53. The van der Waals surface area contributed by atoms with E-state index < -0.39 is 0 Å². The quantitative estimate of drug-likeness (QED) is 0.489. The molecule has 3 nitrogen and oxygen atoms in total. The first-order valence-electron chi connectivity index (χ1n) is 5.49. The van der Waals surface area contributed by atoms with Crippen LogP contribution in [-0.4, -0.2) is 16.2 Å². The molecule has 0 fully saturated rings. The van der Waals surface area contributed by atoms with Gasteiger partial charge in [0.2, 0.25) is 0 Å².